The summed E-state index contributed by atoms with van der Waals surface area (Å²) in [5.74, 6) is -0.648. The number of halogens is 3. The van der Waals surface area contributed by atoms with Gasteiger partial charge in [-0.05, 0) is 30.2 Å². The molecule has 0 aliphatic carbocycles. The van der Waals surface area contributed by atoms with E-state index in [9.17, 15) is 18.0 Å². The Morgan fingerprint density at radius 2 is 1.92 bits per heavy atom. The maximum atomic E-state index is 12.9. The molecular weight excluding hydrogens is 349 g/mol. The fraction of sp³-hybridized carbons (Fsp3) is 0.278. The van der Waals surface area contributed by atoms with E-state index in [0.717, 1.165) is 6.07 Å². The Kier molecular flexibility index (Phi) is 5.97. The van der Waals surface area contributed by atoms with Crippen LogP contribution in [0.3, 0.4) is 0 Å². The SMILES string of the molecule is CO/N=C(/Cc1cccc(-c2nc(C(F)(F)F)ccc2C)c1)C(=O)OC. The molecule has 8 heteroatoms. The minimum absolute atomic E-state index is 0.0425. The van der Waals surface area contributed by atoms with Gasteiger partial charge in [0.05, 0.1) is 12.8 Å². The molecule has 0 aliphatic rings. The minimum Gasteiger partial charge on any atom is -0.464 e. The van der Waals surface area contributed by atoms with Crippen LogP contribution in [0.5, 0.6) is 0 Å². The van der Waals surface area contributed by atoms with E-state index in [1.165, 1.54) is 20.3 Å². The van der Waals surface area contributed by atoms with Crippen molar-refractivity contribution >= 4 is 11.7 Å². The van der Waals surface area contributed by atoms with Gasteiger partial charge in [-0.1, -0.05) is 29.4 Å². The molecule has 1 aromatic heterocycles. The highest BCUT2D eigenvalue weighted by Crippen LogP contribution is 2.31. The van der Waals surface area contributed by atoms with Crippen molar-refractivity contribution in [2.45, 2.75) is 19.5 Å². The van der Waals surface area contributed by atoms with Crippen molar-refractivity contribution in [2.24, 2.45) is 5.16 Å². The number of aryl methyl sites for hydroxylation is 1. The molecule has 138 valence electrons. The molecule has 0 radical (unpaired) electrons. The first-order chi connectivity index (χ1) is 12.3. The first-order valence-corrected chi connectivity index (χ1v) is 7.58. The molecule has 2 rings (SSSR count). The zero-order valence-electron chi connectivity index (χ0n) is 14.4. The standard InChI is InChI=1S/C18H17F3N2O3/c1-11-7-8-15(18(19,20)21)22-16(11)13-6-4-5-12(9-13)10-14(23-26-3)17(24)25-2/h4-9H,10H2,1-3H3/b23-14-. The van der Waals surface area contributed by atoms with Gasteiger partial charge >= 0.3 is 12.1 Å². The van der Waals surface area contributed by atoms with E-state index >= 15 is 0 Å². The lowest BCUT2D eigenvalue weighted by atomic mass is 10.0. The van der Waals surface area contributed by atoms with Gasteiger partial charge in [0.15, 0.2) is 5.71 Å². The van der Waals surface area contributed by atoms with Crippen molar-refractivity contribution < 1.29 is 27.5 Å². The molecule has 1 heterocycles. The Morgan fingerprint density at radius 1 is 1.19 bits per heavy atom. The van der Waals surface area contributed by atoms with Crippen LogP contribution in [0.1, 0.15) is 16.8 Å². The molecule has 0 fully saturated rings. The van der Waals surface area contributed by atoms with E-state index < -0.39 is 17.8 Å². The average molecular weight is 366 g/mol. The summed E-state index contributed by atoms with van der Waals surface area (Å²) in [6.07, 6.45) is -4.42. The van der Waals surface area contributed by atoms with Crippen LogP contribution in [0.4, 0.5) is 13.2 Å². The third-order valence-corrected chi connectivity index (χ3v) is 3.58. The molecule has 1 aromatic carbocycles. The zero-order chi connectivity index (χ0) is 19.3. The Labute approximate surface area is 148 Å². The molecule has 5 nitrogen and oxygen atoms in total. The number of esters is 1. The number of pyridine rings is 1. The largest absolute Gasteiger partial charge is 0.464 e. The quantitative estimate of drug-likeness (QED) is 0.459. The molecular formula is C18H17F3N2O3. The lowest BCUT2D eigenvalue weighted by Gasteiger charge is -2.11. The number of carbonyl (C=O) groups is 1. The Hall–Kier alpha value is -2.90. The number of carbonyl (C=O) groups excluding carboxylic acids is 1. The summed E-state index contributed by atoms with van der Waals surface area (Å²) >= 11 is 0. The van der Waals surface area contributed by atoms with Gasteiger partial charge in [0.1, 0.15) is 12.8 Å². The third kappa shape index (κ3) is 4.59. The molecule has 0 N–H and O–H groups in total. The highest BCUT2D eigenvalue weighted by molar-refractivity contribution is 6.36. The predicted octanol–water partition coefficient (Wildman–Crippen LogP) is 3.79. The van der Waals surface area contributed by atoms with Gasteiger partial charge in [-0.3, -0.25) is 0 Å². The summed E-state index contributed by atoms with van der Waals surface area (Å²) < 4.78 is 43.4. The fourth-order valence-electron chi connectivity index (χ4n) is 2.37. The van der Waals surface area contributed by atoms with Crippen LogP contribution < -0.4 is 0 Å². The van der Waals surface area contributed by atoms with Crippen LogP contribution in [0.15, 0.2) is 41.6 Å². The van der Waals surface area contributed by atoms with Gasteiger partial charge in [0.2, 0.25) is 0 Å². The molecule has 0 unspecified atom stereocenters. The zero-order valence-corrected chi connectivity index (χ0v) is 14.4. The molecule has 0 atom stereocenters. The van der Waals surface area contributed by atoms with Gasteiger partial charge < -0.3 is 9.57 Å². The number of methoxy groups -OCH3 is 1. The number of hydrogen-bond acceptors (Lipinski definition) is 5. The van der Waals surface area contributed by atoms with E-state index in [4.69, 9.17) is 0 Å². The summed E-state index contributed by atoms with van der Waals surface area (Å²) in [5.41, 5.74) is 1.08. The van der Waals surface area contributed by atoms with Gasteiger partial charge in [-0.15, -0.1) is 0 Å². The van der Waals surface area contributed by atoms with E-state index in [-0.39, 0.29) is 17.8 Å². The smallest absolute Gasteiger partial charge is 0.433 e. The van der Waals surface area contributed by atoms with E-state index in [1.807, 2.05) is 0 Å². The summed E-state index contributed by atoms with van der Waals surface area (Å²) in [4.78, 5) is 20.1. The summed E-state index contributed by atoms with van der Waals surface area (Å²) in [7, 11) is 2.52. The topological polar surface area (TPSA) is 60.8 Å². The minimum atomic E-state index is -4.52. The molecule has 0 aliphatic heterocycles. The van der Waals surface area contributed by atoms with Crippen LogP contribution in [0, 0.1) is 6.92 Å². The molecule has 0 saturated carbocycles. The first kappa shape index (κ1) is 19.4. The van der Waals surface area contributed by atoms with Crippen molar-refractivity contribution in [3.05, 3.63) is 53.2 Å². The van der Waals surface area contributed by atoms with Gasteiger partial charge in [-0.25, -0.2) is 9.78 Å². The summed E-state index contributed by atoms with van der Waals surface area (Å²) in [6.45, 7) is 1.68. The van der Waals surface area contributed by atoms with Crippen LogP contribution in [-0.4, -0.2) is 30.9 Å². The number of rotatable bonds is 5. The summed E-state index contributed by atoms with van der Waals surface area (Å²) in [6, 6.07) is 9.04. The molecule has 26 heavy (non-hydrogen) atoms. The maximum absolute atomic E-state index is 12.9. The van der Waals surface area contributed by atoms with E-state index in [1.54, 1.807) is 31.2 Å². The third-order valence-electron chi connectivity index (χ3n) is 3.58. The van der Waals surface area contributed by atoms with Crippen LogP contribution in [-0.2, 0) is 27.0 Å². The fourth-order valence-corrected chi connectivity index (χ4v) is 2.37. The number of oxime groups is 1. The number of hydrogen-bond donors (Lipinski definition) is 0. The number of nitrogens with zero attached hydrogens (tertiary/aromatic N) is 2. The molecule has 0 spiro atoms. The van der Waals surface area contributed by atoms with Crippen LogP contribution in [0.2, 0.25) is 0 Å². The summed E-state index contributed by atoms with van der Waals surface area (Å²) in [5, 5.41) is 3.63. The van der Waals surface area contributed by atoms with Gasteiger partial charge in [0, 0.05) is 12.0 Å². The maximum Gasteiger partial charge on any atom is 0.433 e. The Bertz CT molecular complexity index is 833. The number of aromatic nitrogens is 1. The van der Waals surface area contributed by atoms with Crippen LogP contribution >= 0.6 is 0 Å². The Morgan fingerprint density at radius 3 is 2.54 bits per heavy atom. The average Bonchev–Trinajstić information content (AvgIpc) is 2.60. The highest BCUT2D eigenvalue weighted by atomic mass is 19.4. The highest BCUT2D eigenvalue weighted by Gasteiger charge is 2.32. The van der Waals surface area contributed by atoms with Crippen molar-refractivity contribution in [3.8, 4) is 11.3 Å². The second-order valence-electron chi connectivity index (χ2n) is 5.45. The van der Waals surface area contributed by atoms with E-state index in [0.29, 0.717) is 16.7 Å². The lowest BCUT2D eigenvalue weighted by Crippen LogP contribution is -2.18. The van der Waals surface area contributed by atoms with Crippen molar-refractivity contribution in [1.82, 2.24) is 4.98 Å². The van der Waals surface area contributed by atoms with Crippen molar-refractivity contribution in [3.63, 3.8) is 0 Å². The lowest BCUT2D eigenvalue weighted by molar-refractivity contribution is -0.141. The van der Waals surface area contributed by atoms with Gasteiger partial charge in [-0.2, -0.15) is 13.2 Å². The normalized spacial score (nSPS) is 12.0. The molecule has 0 amide bonds. The van der Waals surface area contributed by atoms with Crippen molar-refractivity contribution in [2.75, 3.05) is 14.2 Å². The van der Waals surface area contributed by atoms with Crippen LogP contribution in [0.25, 0.3) is 11.3 Å². The number of ether oxygens (including phenoxy) is 1. The van der Waals surface area contributed by atoms with Gasteiger partial charge in [0.25, 0.3) is 0 Å². The first-order valence-electron chi connectivity index (χ1n) is 7.58. The predicted molar refractivity (Wildman–Crippen MR) is 89.6 cm³/mol. The number of alkyl halides is 3. The van der Waals surface area contributed by atoms with Crippen molar-refractivity contribution in [1.29, 1.82) is 0 Å². The molecule has 0 saturated heterocycles. The van der Waals surface area contributed by atoms with E-state index in [2.05, 4.69) is 19.7 Å². The second-order valence-corrected chi connectivity index (χ2v) is 5.45. The monoisotopic (exact) mass is 366 g/mol. The Balaban J connectivity index is 2.41. The molecule has 0 bridgehead atoms. The number of benzene rings is 1. The molecule has 2 aromatic rings. The second kappa shape index (κ2) is 7.99.